The quantitative estimate of drug-likeness (QED) is 0.672. The van der Waals surface area contributed by atoms with E-state index in [1.165, 1.54) is 50.3 Å². The van der Waals surface area contributed by atoms with E-state index in [4.69, 9.17) is 0 Å². The standard InChI is InChI=1S/C12H23N3S/c1-3-5-6-7-8-11(13-9-4-2)12-10-14-16-15-12/h10-11,13H,3-9H2,1-2H3. The molecule has 0 saturated carbocycles. The summed E-state index contributed by atoms with van der Waals surface area (Å²) in [7, 11) is 0. The maximum absolute atomic E-state index is 4.34. The predicted octanol–water partition coefficient (Wildman–Crippen LogP) is 3.55. The van der Waals surface area contributed by atoms with Gasteiger partial charge < -0.3 is 5.32 Å². The maximum Gasteiger partial charge on any atom is 0.0912 e. The topological polar surface area (TPSA) is 37.8 Å². The Bertz CT molecular complexity index is 249. The second-order valence-electron chi connectivity index (χ2n) is 4.19. The summed E-state index contributed by atoms with van der Waals surface area (Å²) >= 11 is 1.31. The number of unbranched alkanes of at least 4 members (excludes halogenated alkanes) is 3. The molecule has 0 aliphatic rings. The average molecular weight is 241 g/mol. The molecular weight excluding hydrogens is 218 g/mol. The zero-order valence-corrected chi connectivity index (χ0v) is 11.2. The van der Waals surface area contributed by atoms with Crippen LogP contribution in [0.25, 0.3) is 0 Å². The molecule has 0 aliphatic carbocycles. The molecule has 1 N–H and O–H groups in total. The molecule has 16 heavy (non-hydrogen) atoms. The molecule has 0 aliphatic heterocycles. The molecule has 3 nitrogen and oxygen atoms in total. The van der Waals surface area contributed by atoms with E-state index in [1.807, 2.05) is 6.20 Å². The van der Waals surface area contributed by atoms with Gasteiger partial charge in [0.15, 0.2) is 0 Å². The molecule has 1 heterocycles. The number of hydrogen-bond acceptors (Lipinski definition) is 4. The molecule has 1 atom stereocenters. The number of nitrogens with one attached hydrogen (secondary N) is 1. The molecular formula is C12H23N3S. The van der Waals surface area contributed by atoms with Crippen molar-refractivity contribution in [2.24, 2.45) is 0 Å². The molecule has 92 valence electrons. The van der Waals surface area contributed by atoms with Gasteiger partial charge in [-0.1, -0.05) is 39.5 Å². The van der Waals surface area contributed by atoms with Crippen LogP contribution in [-0.4, -0.2) is 15.3 Å². The molecule has 1 aromatic rings. The van der Waals surface area contributed by atoms with Crippen molar-refractivity contribution in [2.75, 3.05) is 6.54 Å². The van der Waals surface area contributed by atoms with Crippen LogP contribution in [0.5, 0.6) is 0 Å². The molecule has 0 fully saturated rings. The van der Waals surface area contributed by atoms with Gasteiger partial charge in [0, 0.05) is 0 Å². The minimum atomic E-state index is 0.413. The highest BCUT2D eigenvalue weighted by molar-refractivity contribution is 6.99. The van der Waals surface area contributed by atoms with E-state index in [0.717, 1.165) is 12.2 Å². The van der Waals surface area contributed by atoms with Crippen LogP contribution in [0.1, 0.15) is 64.1 Å². The summed E-state index contributed by atoms with van der Waals surface area (Å²) in [4.78, 5) is 0. The van der Waals surface area contributed by atoms with Gasteiger partial charge in [0.1, 0.15) is 0 Å². The van der Waals surface area contributed by atoms with Crippen molar-refractivity contribution < 1.29 is 0 Å². The third-order valence-corrected chi connectivity index (χ3v) is 3.21. The smallest absolute Gasteiger partial charge is 0.0912 e. The monoisotopic (exact) mass is 241 g/mol. The number of rotatable bonds is 9. The van der Waals surface area contributed by atoms with Crippen molar-refractivity contribution in [3.05, 3.63) is 11.9 Å². The van der Waals surface area contributed by atoms with Crippen molar-refractivity contribution in [3.8, 4) is 0 Å². The Labute approximate surface area is 103 Å². The van der Waals surface area contributed by atoms with Gasteiger partial charge >= 0.3 is 0 Å². The van der Waals surface area contributed by atoms with Gasteiger partial charge in [0.05, 0.1) is 29.7 Å². The van der Waals surface area contributed by atoms with Crippen LogP contribution in [0.15, 0.2) is 6.20 Å². The summed E-state index contributed by atoms with van der Waals surface area (Å²) in [6.45, 7) is 5.51. The first kappa shape index (κ1) is 13.6. The minimum absolute atomic E-state index is 0.413. The molecule has 0 spiro atoms. The van der Waals surface area contributed by atoms with Crippen LogP contribution in [0, 0.1) is 0 Å². The van der Waals surface area contributed by atoms with Gasteiger partial charge in [-0.2, -0.15) is 8.75 Å². The van der Waals surface area contributed by atoms with Crippen molar-refractivity contribution in [2.45, 2.75) is 58.4 Å². The minimum Gasteiger partial charge on any atom is -0.309 e. The van der Waals surface area contributed by atoms with Crippen molar-refractivity contribution in [1.82, 2.24) is 14.1 Å². The van der Waals surface area contributed by atoms with E-state index in [-0.39, 0.29) is 0 Å². The third kappa shape index (κ3) is 5.03. The number of aromatic nitrogens is 2. The molecule has 1 unspecified atom stereocenters. The fraction of sp³-hybridized carbons (Fsp3) is 0.833. The largest absolute Gasteiger partial charge is 0.309 e. The van der Waals surface area contributed by atoms with E-state index in [9.17, 15) is 0 Å². The first-order chi connectivity index (χ1) is 7.88. The molecule has 0 aromatic carbocycles. The van der Waals surface area contributed by atoms with E-state index in [1.54, 1.807) is 0 Å². The lowest BCUT2D eigenvalue weighted by molar-refractivity contribution is 0.464. The van der Waals surface area contributed by atoms with Gasteiger partial charge in [-0.3, -0.25) is 0 Å². The normalized spacial score (nSPS) is 12.9. The van der Waals surface area contributed by atoms with Crippen LogP contribution in [-0.2, 0) is 0 Å². The highest BCUT2D eigenvalue weighted by Crippen LogP contribution is 2.18. The van der Waals surface area contributed by atoms with Crippen LogP contribution >= 0.6 is 11.7 Å². The molecule has 0 radical (unpaired) electrons. The Morgan fingerprint density at radius 1 is 1.25 bits per heavy atom. The Morgan fingerprint density at radius 3 is 2.75 bits per heavy atom. The fourth-order valence-corrected chi connectivity index (χ4v) is 2.24. The van der Waals surface area contributed by atoms with Crippen LogP contribution in [0.4, 0.5) is 0 Å². The Hall–Kier alpha value is -0.480. The molecule has 1 rings (SSSR count). The maximum atomic E-state index is 4.34. The predicted molar refractivity (Wildman–Crippen MR) is 69.7 cm³/mol. The van der Waals surface area contributed by atoms with Crippen LogP contribution < -0.4 is 5.32 Å². The molecule has 0 saturated heterocycles. The van der Waals surface area contributed by atoms with Crippen molar-refractivity contribution in [1.29, 1.82) is 0 Å². The summed E-state index contributed by atoms with van der Waals surface area (Å²) in [6, 6.07) is 0.413. The van der Waals surface area contributed by atoms with E-state index in [0.29, 0.717) is 6.04 Å². The first-order valence-corrected chi connectivity index (χ1v) is 7.12. The van der Waals surface area contributed by atoms with Gasteiger partial charge in [0.2, 0.25) is 0 Å². The number of nitrogens with zero attached hydrogens (tertiary/aromatic N) is 2. The SMILES string of the molecule is CCCCCCC(NCCC)c1cnsn1. The highest BCUT2D eigenvalue weighted by atomic mass is 32.1. The summed E-state index contributed by atoms with van der Waals surface area (Å²) in [6.07, 6.45) is 9.51. The average Bonchev–Trinajstić information content (AvgIpc) is 2.82. The van der Waals surface area contributed by atoms with Crippen LogP contribution in [0.2, 0.25) is 0 Å². The lowest BCUT2D eigenvalue weighted by Crippen LogP contribution is -2.22. The Balaban J connectivity index is 2.32. The molecule has 0 bridgehead atoms. The van der Waals surface area contributed by atoms with E-state index < -0.39 is 0 Å². The zero-order chi connectivity index (χ0) is 11.6. The van der Waals surface area contributed by atoms with Gasteiger partial charge in [-0.05, 0) is 19.4 Å². The van der Waals surface area contributed by atoms with Gasteiger partial charge in [-0.25, -0.2) is 0 Å². The van der Waals surface area contributed by atoms with E-state index >= 15 is 0 Å². The van der Waals surface area contributed by atoms with Gasteiger partial charge in [0.25, 0.3) is 0 Å². The van der Waals surface area contributed by atoms with Crippen molar-refractivity contribution >= 4 is 11.7 Å². The highest BCUT2D eigenvalue weighted by Gasteiger charge is 2.12. The number of hydrogen-bond donors (Lipinski definition) is 1. The fourth-order valence-electron chi connectivity index (χ4n) is 1.77. The lowest BCUT2D eigenvalue weighted by Gasteiger charge is -2.15. The van der Waals surface area contributed by atoms with E-state index in [2.05, 4.69) is 27.9 Å². The summed E-state index contributed by atoms with van der Waals surface area (Å²) in [5, 5.41) is 3.55. The van der Waals surface area contributed by atoms with Crippen LogP contribution in [0.3, 0.4) is 0 Å². The Morgan fingerprint density at radius 2 is 2.12 bits per heavy atom. The molecule has 1 aromatic heterocycles. The third-order valence-electron chi connectivity index (χ3n) is 2.72. The summed E-state index contributed by atoms with van der Waals surface area (Å²) in [5.41, 5.74) is 1.12. The summed E-state index contributed by atoms with van der Waals surface area (Å²) < 4.78 is 8.42. The zero-order valence-electron chi connectivity index (χ0n) is 10.4. The van der Waals surface area contributed by atoms with Gasteiger partial charge in [-0.15, -0.1) is 0 Å². The molecule has 4 heteroatoms. The Kier molecular flexibility index (Phi) is 7.34. The van der Waals surface area contributed by atoms with Crippen molar-refractivity contribution in [3.63, 3.8) is 0 Å². The first-order valence-electron chi connectivity index (χ1n) is 6.39. The lowest BCUT2D eigenvalue weighted by atomic mass is 10.1. The second kappa shape index (κ2) is 8.65. The molecule has 0 amide bonds. The second-order valence-corrected chi connectivity index (χ2v) is 4.75. The summed E-state index contributed by atoms with van der Waals surface area (Å²) in [5.74, 6) is 0.